The Morgan fingerprint density at radius 2 is 1.56 bits per heavy atom. The van der Waals surface area contributed by atoms with Crippen LogP contribution in [-0.4, -0.2) is 35.7 Å². The van der Waals surface area contributed by atoms with Crippen molar-refractivity contribution in [1.29, 1.82) is 0 Å². The van der Waals surface area contributed by atoms with Crippen LogP contribution in [0.15, 0.2) is 0 Å². The summed E-state index contributed by atoms with van der Waals surface area (Å²) in [5.74, 6) is 0. The lowest BCUT2D eigenvalue weighted by molar-refractivity contribution is -0.207. The average Bonchev–Trinajstić information content (AvgIpc) is 2.15. The van der Waals surface area contributed by atoms with Gasteiger partial charge in [-0.15, -0.1) is 0 Å². The van der Waals surface area contributed by atoms with Crippen LogP contribution in [0.5, 0.6) is 0 Å². The van der Waals surface area contributed by atoms with Gasteiger partial charge in [-0.05, 0) is 71.4 Å². The molecule has 0 amide bonds. The van der Waals surface area contributed by atoms with E-state index in [1.165, 1.54) is 45.2 Å². The summed E-state index contributed by atoms with van der Waals surface area (Å²) >= 11 is 0. The van der Waals surface area contributed by atoms with Crippen molar-refractivity contribution in [2.75, 3.05) is 13.1 Å². The van der Waals surface area contributed by atoms with Crippen molar-refractivity contribution < 1.29 is 4.74 Å². The predicted molar refractivity (Wildman–Crippen MR) is 65.5 cm³/mol. The lowest BCUT2D eigenvalue weighted by atomic mass is 9.63. The molecule has 1 aliphatic carbocycles. The maximum atomic E-state index is 5.78. The van der Waals surface area contributed by atoms with Crippen LogP contribution in [-0.2, 0) is 4.74 Å². The Balaban J connectivity index is 1.62. The van der Waals surface area contributed by atoms with Gasteiger partial charge in [-0.25, -0.2) is 0 Å². The molecule has 2 bridgehead atoms. The van der Waals surface area contributed by atoms with Crippen molar-refractivity contribution in [3.63, 3.8) is 0 Å². The Labute approximate surface area is 99.3 Å². The van der Waals surface area contributed by atoms with Crippen molar-refractivity contribution in [2.24, 2.45) is 5.41 Å². The van der Waals surface area contributed by atoms with Gasteiger partial charge < -0.3 is 4.74 Å². The average molecular weight is 223 g/mol. The SMILES string of the molecule is CC(C)(C)N1CCC2(CC1)C[C@H]1C[C@@H](C2)O1. The summed E-state index contributed by atoms with van der Waals surface area (Å²) in [7, 11) is 0. The van der Waals surface area contributed by atoms with Crippen LogP contribution in [0.4, 0.5) is 0 Å². The Bertz CT molecular complexity index is 255. The van der Waals surface area contributed by atoms with E-state index in [1.807, 2.05) is 0 Å². The van der Waals surface area contributed by atoms with Crippen molar-refractivity contribution >= 4 is 0 Å². The Hall–Kier alpha value is -0.0800. The molecule has 0 unspecified atom stereocenters. The molecule has 0 N–H and O–H groups in total. The molecule has 2 heteroatoms. The molecule has 3 aliphatic heterocycles. The first-order valence-electron chi connectivity index (χ1n) is 6.87. The zero-order valence-corrected chi connectivity index (χ0v) is 11.0. The zero-order valence-electron chi connectivity index (χ0n) is 11.0. The fraction of sp³-hybridized carbons (Fsp3) is 1.00. The van der Waals surface area contributed by atoms with Crippen LogP contribution in [0.1, 0.15) is 52.9 Å². The highest BCUT2D eigenvalue weighted by molar-refractivity contribution is 5.00. The van der Waals surface area contributed by atoms with Crippen LogP contribution in [0.2, 0.25) is 0 Å². The normalized spacial score (nSPS) is 38.4. The second-order valence-electron chi connectivity index (χ2n) is 7.18. The van der Waals surface area contributed by atoms with E-state index >= 15 is 0 Å². The topological polar surface area (TPSA) is 12.5 Å². The Morgan fingerprint density at radius 1 is 1.06 bits per heavy atom. The van der Waals surface area contributed by atoms with Gasteiger partial charge in [0.2, 0.25) is 0 Å². The molecule has 0 aromatic carbocycles. The van der Waals surface area contributed by atoms with E-state index in [0.717, 1.165) is 0 Å². The lowest BCUT2D eigenvalue weighted by Gasteiger charge is -2.56. The molecule has 3 heterocycles. The van der Waals surface area contributed by atoms with E-state index in [0.29, 0.717) is 23.2 Å². The molecule has 0 aromatic heterocycles. The third kappa shape index (κ3) is 1.80. The monoisotopic (exact) mass is 223 g/mol. The summed E-state index contributed by atoms with van der Waals surface area (Å²) in [5.41, 5.74) is 1.02. The van der Waals surface area contributed by atoms with Crippen LogP contribution in [0, 0.1) is 5.41 Å². The van der Waals surface area contributed by atoms with Gasteiger partial charge in [0, 0.05) is 5.54 Å². The molecule has 4 aliphatic rings. The van der Waals surface area contributed by atoms with Gasteiger partial charge in [0.15, 0.2) is 0 Å². The summed E-state index contributed by atoms with van der Waals surface area (Å²) in [6.45, 7) is 9.61. The molecule has 0 aromatic rings. The maximum Gasteiger partial charge on any atom is 0.0609 e. The van der Waals surface area contributed by atoms with Crippen molar-refractivity contribution in [2.45, 2.75) is 70.6 Å². The quantitative estimate of drug-likeness (QED) is 0.626. The number of nitrogens with zero attached hydrogens (tertiary/aromatic N) is 1. The molecular weight excluding hydrogens is 198 g/mol. The van der Waals surface area contributed by atoms with E-state index in [-0.39, 0.29) is 0 Å². The third-order valence-electron chi connectivity index (χ3n) is 5.00. The highest BCUT2D eigenvalue weighted by atomic mass is 16.5. The van der Waals surface area contributed by atoms with Crippen molar-refractivity contribution in [3.8, 4) is 0 Å². The molecule has 16 heavy (non-hydrogen) atoms. The van der Waals surface area contributed by atoms with Gasteiger partial charge in [0.1, 0.15) is 0 Å². The number of piperidine rings is 1. The zero-order chi connectivity index (χ0) is 11.4. The smallest absolute Gasteiger partial charge is 0.0609 e. The fourth-order valence-corrected chi connectivity index (χ4v) is 3.93. The van der Waals surface area contributed by atoms with Gasteiger partial charge in [0.25, 0.3) is 0 Å². The first kappa shape index (κ1) is 11.0. The van der Waals surface area contributed by atoms with Crippen LogP contribution >= 0.6 is 0 Å². The number of hydrogen-bond acceptors (Lipinski definition) is 2. The summed E-state index contributed by atoms with van der Waals surface area (Å²) in [6.07, 6.45) is 8.11. The van der Waals surface area contributed by atoms with Crippen molar-refractivity contribution in [1.82, 2.24) is 4.90 Å². The second-order valence-corrected chi connectivity index (χ2v) is 7.18. The first-order chi connectivity index (χ1) is 7.47. The molecular formula is C14H25NO. The van der Waals surface area contributed by atoms with E-state index < -0.39 is 0 Å². The summed E-state index contributed by atoms with van der Waals surface area (Å²) < 4.78 is 5.78. The van der Waals surface area contributed by atoms with Crippen LogP contribution < -0.4 is 0 Å². The van der Waals surface area contributed by atoms with Crippen molar-refractivity contribution in [3.05, 3.63) is 0 Å². The maximum absolute atomic E-state index is 5.78. The van der Waals surface area contributed by atoms with E-state index in [1.54, 1.807) is 0 Å². The largest absolute Gasteiger partial charge is 0.375 e. The molecule has 0 radical (unpaired) electrons. The number of hydrogen-bond donors (Lipinski definition) is 0. The summed E-state index contributed by atoms with van der Waals surface area (Å²) in [5, 5.41) is 0. The van der Waals surface area contributed by atoms with Gasteiger partial charge >= 0.3 is 0 Å². The second kappa shape index (κ2) is 3.46. The minimum atomic E-state index is 0.357. The molecule has 2 nitrogen and oxygen atoms in total. The molecule has 92 valence electrons. The highest BCUT2D eigenvalue weighted by Crippen LogP contribution is 2.51. The number of likely N-dealkylation sites (tertiary alicyclic amines) is 1. The first-order valence-corrected chi connectivity index (χ1v) is 6.87. The van der Waals surface area contributed by atoms with Gasteiger partial charge in [-0.2, -0.15) is 0 Å². The summed E-state index contributed by atoms with van der Waals surface area (Å²) in [6, 6.07) is 0. The highest BCUT2D eigenvalue weighted by Gasteiger charge is 2.49. The van der Waals surface area contributed by atoms with E-state index in [9.17, 15) is 0 Å². The standard InChI is InChI=1S/C14H25NO/c1-13(2,3)15-6-4-14(5-7-15)9-11-8-12(10-14)16-11/h11-12H,4-10H2,1-3H3/t11-,12+. The van der Waals surface area contributed by atoms with E-state index in [4.69, 9.17) is 4.74 Å². The van der Waals surface area contributed by atoms with Gasteiger partial charge in [-0.1, -0.05) is 0 Å². The fourth-order valence-electron chi connectivity index (χ4n) is 3.93. The minimum absolute atomic E-state index is 0.357. The minimum Gasteiger partial charge on any atom is -0.375 e. The number of ether oxygens (including phenoxy) is 1. The van der Waals surface area contributed by atoms with Crippen LogP contribution in [0.3, 0.4) is 0 Å². The third-order valence-corrected chi connectivity index (χ3v) is 5.00. The Kier molecular flexibility index (Phi) is 2.38. The Morgan fingerprint density at radius 3 is 2.00 bits per heavy atom. The molecule has 4 fully saturated rings. The number of rotatable bonds is 0. The lowest BCUT2D eigenvalue weighted by Crippen LogP contribution is -2.56. The molecule has 3 saturated heterocycles. The van der Waals surface area contributed by atoms with Gasteiger partial charge in [-0.3, -0.25) is 4.90 Å². The molecule has 1 spiro atoms. The van der Waals surface area contributed by atoms with Crippen LogP contribution in [0.25, 0.3) is 0 Å². The van der Waals surface area contributed by atoms with Gasteiger partial charge in [0.05, 0.1) is 12.2 Å². The summed E-state index contributed by atoms with van der Waals surface area (Å²) in [4.78, 5) is 2.65. The molecule has 1 saturated carbocycles. The molecule has 4 rings (SSSR count). The van der Waals surface area contributed by atoms with E-state index in [2.05, 4.69) is 25.7 Å². The molecule has 2 atom stereocenters. The predicted octanol–water partition coefficient (Wildman–Crippen LogP) is 2.82.